The quantitative estimate of drug-likeness (QED) is 0.549. The third-order valence-corrected chi connectivity index (χ3v) is 4.71. The van der Waals surface area contributed by atoms with E-state index in [0.29, 0.717) is 29.4 Å². The Morgan fingerprint density at radius 3 is 2.28 bits per heavy atom. The number of nitrogens with zero attached hydrogens (tertiary/aromatic N) is 2. The van der Waals surface area contributed by atoms with Crippen LogP contribution in [-0.2, 0) is 17.4 Å². The number of hydrogen-bond acceptors (Lipinski definition) is 5. The van der Waals surface area contributed by atoms with E-state index in [1.807, 2.05) is 0 Å². The first-order valence-corrected chi connectivity index (χ1v) is 9.56. The first kappa shape index (κ1) is 23.0. The molecular weight excluding hydrogens is 427 g/mol. The summed E-state index contributed by atoms with van der Waals surface area (Å²) in [4.78, 5) is 12.6. The summed E-state index contributed by atoms with van der Waals surface area (Å²) >= 11 is 0. The molecule has 3 aromatic rings. The van der Waals surface area contributed by atoms with Gasteiger partial charge in [-0.25, -0.2) is 4.68 Å². The molecule has 1 heterocycles. The maximum absolute atomic E-state index is 13.2. The fourth-order valence-electron chi connectivity index (χ4n) is 3.17. The number of rotatable bonds is 8. The van der Waals surface area contributed by atoms with E-state index in [4.69, 9.17) is 14.2 Å². The van der Waals surface area contributed by atoms with Gasteiger partial charge in [0.25, 0.3) is 0 Å². The number of halogens is 3. The summed E-state index contributed by atoms with van der Waals surface area (Å²) in [7, 11) is 4.45. The molecule has 0 bridgehead atoms. The number of aromatic nitrogens is 2. The predicted octanol–water partition coefficient (Wildman–Crippen LogP) is 4.49. The molecule has 0 atom stereocenters. The number of aryl methyl sites for hydroxylation is 1. The highest BCUT2D eigenvalue weighted by atomic mass is 19.4. The molecule has 0 spiro atoms. The number of methoxy groups -OCH3 is 3. The van der Waals surface area contributed by atoms with Crippen molar-refractivity contribution in [3.8, 4) is 22.9 Å². The Kier molecular flexibility index (Phi) is 6.92. The van der Waals surface area contributed by atoms with Crippen LogP contribution in [0.5, 0.6) is 17.2 Å². The van der Waals surface area contributed by atoms with Gasteiger partial charge >= 0.3 is 6.18 Å². The number of amides is 1. The zero-order valence-electron chi connectivity index (χ0n) is 17.7. The Bertz CT molecular complexity index is 1060. The summed E-state index contributed by atoms with van der Waals surface area (Å²) in [6, 6.07) is 8.18. The molecule has 0 aliphatic carbocycles. The monoisotopic (exact) mass is 449 g/mol. The molecule has 7 nitrogen and oxygen atoms in total. The average Bonchev–Trinajstić information content (AvgIpc) is 3.30. The Labute approximate surface area is 182 Å². The number of alkyl halides is 3. The van der Waals surface area contributed by atoms with Gasteiger partial charge in [-0.2, -0.15) is 18.3 Å². The third kappa shape index (κ3) is 5.13. The van der Waals surface area contributed by atoms with Gasteiger partial charge in [0.2, 0.25) is 11.7 Å². The van der Waals surface area contributed by atoms with Crippen molar-refractivity contribution in [1.29, 1.82) is 0 Å². The number of carbonyl (C=O) groups is 1. The molecule has 10 heteroatoms. The standard InChI is InChI=1S/C22H22F3N3O4/c1-30-18-11-14(12-19(31-2)21(18)32-3)5-8-20(29)27-16-13-15(22(23,24)25)6-7-17(16)28-10-4-9-26-28/h4,6-7,9-13H,5,8H2,1-3H3,(H,27,29). The van der Waals surface area contributed by atoms with Crippen molar-refractivity contribution in [2.75, 3.05) is 26.6 Å². The van der Waals surface area contributed by atoms with Crippen LogP contribution in [0.3, 0.4) is 0 Å². The molecule has 32 heavy (non-hydrogen) atoms. The lowest BCUT2D eigenvalue weighted by atomic mass is 10.1. The first-order valence-electron chi connectivity index (χ1n) is 9.56. The lowest BCUT2D eigenvalue weighted by molar-refractivity contribution is -0.137. The van der Waals surface area contributed by atoms with E-state index in [-0.39, 0.29) is 12.1 Å². The number of hydrogen-bond donors (Lipinski definition) is 1. The first-order chi connectivity index (χ1) is 15.3. The maximum Gasteiger partial charge on any atom is 0.416 e. The van der Waals surface area contributed by atoms with Gasteiger partial charge in [-0.1, -0.05) is 0 Å². The lowest BCUT2D eigenvalue weighted by Crippen LogP contribution is -2.16. The molecule has 1 N–H and O–H groups in total. The van der Waals surface area contributed by atoms with E-state index in [0.717, 1.165) is 17.7 Å². The number of anilines is 1. The van der Waals surface area contributed by atoms with Gasteiger partial charge in [-0.05, 0) is 48.4 Å². The molecule has 1 amide bonds. The van der Waals surface area contributed by atoms with Crippen molar-refractivity contribution in [2.45, 2.75) is 19.0 Å². The molecule has 0 unspecified atom stereocenters. The minimum Gasteiger partial charge on any atom is -0.493 e. The van der Waals surface area contributed by atoms with Crippen molar-refractivity contribution in [2.24, 2.45) is 0 Å². The summed E-state index contributed by atoms with van der Waals surface area (Å²) in [5, 5.41) is 6.61. The summed E-state index contributed by atoms with van der Waals surface area (Å²) < 4.78 is 56.8. The second-order valence-corrected chi connectivity index (χ2v) is 6.76. The van der Waals surface area contributed by atoms with Crippen LogP contribution in [0.15, 0.2) is 48.8 Å². The Morgan fingerprint density at radius 1 is 1.06 bits per heavy atom. The van der Waals surface area contributed by atoms with Gasteiger partial charge in [0.05, 0.1) is 38.3 Å². The molecule has 2 aromatic carbocycles. The molecule has 0 aliphatic heterocycles. The number of nitrogens with one attached hydrogen (secondary N) is 1. The van der Waals surface area contributed by atoms with Crippen LogP contribution in [0, 0.1) is 0 Å². The topological polar surface area (TPSA) is 74.6 Å². The molecule has 0 fully saturated rings. The van der Waals surface area contributed by atoms with E-state index in [1.165, 1.54) is 38.3 Å². The summed E-state index contributed by atoms with van der Waals surface area (Å²) in [5.74, 6) is 0.865. The van der Waals surface area contributed by atoms with Crippen LogP contribution in [0.2, 0.25) is 0 Å². The van der Waals surface area contributed by atoms with E-state index >= 15 is 0 Å². The van der Waals surface area contributed by atoms with Crippen molar-refractivity contribution < 1.29 is 32.2 Å². The molecule has 3 rings (SSSR count). The largest absolute Gasteiger partial charge is 0.493 e. The zero-order valence-corrected chi connectivity index (χ0v) is 17.7. The number of ether oxygens (including phenoxy) is 3. The van der Waals surface area contributed by atoms with E-state index < -0.39 is 17.6 Å². The molecule has 0 aliphatic rings. The molecule has 170 valence electrons. The van der Waals surface area contributed by atoms with Crippen LogP contribution >= 0.6 is 0 Å². The summed E-state index contributed by atoms with van der Waals surface area (Å²) in [6.07, 6.45) is -1.15. The Morgan fingerprint density at radius 2 is 1.75 bits per heavy atom. The highest BCUT2D eigenvalue weighted by Crippen LogP contribution is 2.38. The van der Waals surface area contributed by atoms with Crippen molar-refractivity contribution in [3.63, 3.8) is 0 Å². The van der Waals surface area contributed by atoms with Crippen LogP contribution in [-0.4, -0.2) is 37.0 Å². The van der Waals surface area contributed by atoms with Crippen LogP contribution < -0.4 is 19.5 Å². The summed E-state index contributed by atoms with van der Waals surface area (Å²) in [6.45, 7) is 0. The minimum absolute atomic E-state index is 0.0124. The van der Waals surface area contributed by atoms with Crippen molar-refractivity contribution in [3.05, 3.63) is 59.9 Å². The van der Waals surface area contributed by atoms with Gasteiger partial charge in [0.1, 0.15) is 0 Å². The average molecular weight is 449 g/mol. The summed E-state index contributed by atoms with van der Waals surface area (Å²) in [5.41, 5.74) is 0.210. The molecule has 1 aromatic heterocycles. The van der Waals surface area contributed by atoms with Crippen LogP contribution in [0.25, 0.3) is 5.69 Å². The van der Waals surface area contributed by atoms with Gasteiger partial charge in [-0.15, -0.1) is 0 Å². The second-order valence-electron chi connectivity index (χ2n) is 6.76. The second kappa shape index (κ2) is 9.63. The Hall–Kier alpha value is -3.69. The molecule has 0 saturated carbocycles. The van der Waals surface area contributed by atoms with Gasteiger partial charge in [-0.3, -0.25) is 4.79 Å². The SMILES string of the molecule is COc1cc(CCC(=O)Nc2cc(C(F)(F)F)ccc2-n2cccn2)cc(OC)c1OC. The molecular formula is C22H22F3N3O4. The van der Waals surface area contributed by atoms with E-state index in [9.17, 15) is 18.0 Å². The zero-order chi connectivity index (χ0) is 23.3. The maximum atomic E-state index is 13.2. The fourth-order valence-corrected chi connectivity index (χ4v) is 3.17. The van der Waals surface area contributed by atoms with E-state index in [2.05, 4.69) is 10.4 Å². The van der Waals surface area contributed by atoms with Crippen LogP contribution in [0.1, 0.15) is 17.5 Å². The van der Waals surface area contributed by atoms with Gasteiger partial charge in [0.15, 0.2) is 11.5 Å². The third-order valence-electron chi connectivity index (χ3n) is 4.71. The normalized spacial score (nSPS) is 11.2. The number of benzene rings is 2. The smallest absolute Gasteiger partial charge is 0.416 e. The van der Waals surface area contributed by atoms with Crippen molar-refractivity contribution in [1.82, 2.24) is 9.78 Å². The van der Waals surface area contributed by atoms with Gasteiger partial charge < -0.3 is 19.5 Å². The van der Waals surface area contributed by atoms with Crippen molar-refractivity contribution >= 4 is 11.6 Å². The minimum atomic E-state index is -4.54. The Balaban J connectivity index is 1.80. The van der Waals surface area contributed by atoms with Gasteiger partial charge in [0, 0.05) is 18.8 Å². The molecule has 0 saturated heterocycles. The number of carbonyl (C=O) groups excluding carboxylic acids is 1. The van der Waals surface area contributed by atoms with E-state index in [1.54, 1.807) is 24.4 Å². The van der Waals surface area contributed by atoms with Crippen LogP contribution in [0.4, 0.5) is 18.9 Å². The predicted molar refractivity (Wildman–Crippen MR) is 112 cm³/mol. The highest BCUT2D eigenvalue weighted by molar-refractivity contribution is 5.93. The molecule has 0 radical (unpaired) electrons. The fraction of sp³-hybridized carbons (Fsp3) is 0.273. The lowest BCUT2D eigenvalue weighted by Gasteiger charge is -2.15. The highest BCUT2D eigenvalue weighted by Gasteiger charge is 2.31.